The molecule has 1 rings (SSSR count). The second kappa shape index (κ2) is 7.70. The summed E-state index contributed by atoms with van der Waals surface area (Å²) in [5, 5.41) is 0. The molecule has 0 saturated heterocycles. The molecular weight excluding hydrogens is 214 g/mol. The molecule has 0 amide bonds. The summed E-state index contributed by atoms with van der Waals surface area (Å²) in [5.74, 6) is 1.21. The first-order valence-electron chi connectivity index (χ1n) is 7.05. The molecule has 1 atom stereocenters. The number of esters is 1. The summed E-state index contributed by atoms with van der Waals surface area (Å²) < 4.78 is 5.20. The van der Waals surface area contributed by atoms with Gasteiger partial charge in [0.15, 0.2) is 0 Å². The minimum absolute atomic E-state index is 0.266. The van der Waals surface area contributed by atoms with E-state index in [0.717, 1.165) is 5.92 Å². The SMILES string of the molecule is CCCCC1CCC(COC(=O)C(C)N)CC1. The van der Waals surface area contributed by atoms with Crippen LogP contribution in [-0.2, 0) is 9.53 Å². The Morgan fingerprint density at radius 1 is 1.29 bits per heavy atom. The largest absolute Gasteiger partial charge is 0.464 e. The fraction of sp³-hybridized carbons (Fsp3) is 0.929. The van der Waals surface area contributed by atoms with Gasteiger partial charge >= 0.3 is 5.97 Å². The Labute approximate surface area is 105 Å². The number of nitrogens with two attached hydrogens (primary N) is 1. The number of hydrogen-bond donors (Lipinski definition) is 1. The van der Waals surface area contributed by atoms with Gasteiger partial charge in [0.1, 0.15) is 6.04 Å². The van der Waals surface area contributed by atoms with Crippen LogP contribution < -0.4 is 5.73 Å². The summed E-state index contributed by atoms with van der Waals surface area (Å²) >= 11 is 0. The maximum Gasteiger partial charge on any atom is 0.322 e. The van der Waals surface area contributed by atoms with Crippen molar-refractivity contribution in [3.05, 3.63) is 0 Å². The Morgan fingerprint density at radius 2 is 1.88 bits per heavy atom. The van der Waals surface area contributed by atoms with Crippen molar-refractivity contribution >= 4 is 5.97 Å². The van der Waals surface area contributed by atoms with Crippen molar-refractivity contribution in [2.45, 2.75) is 64.8 Å². The van der Waals surface area contributed by atoms with Gasteiger partial charge in [-0.1, -0.05) is 39.0 Å². The molecule has 3 heteroatoms. The molecule has 0 aromatic carbocycles. The lowest BCUT2D eigenvalue weighted by atomic mass is 9.80. The zero-order chi connectivity index (χ0) is 12.7. The number of ether oxygens (including phenoxy) is 1. The molecule has 1 fully saturated rings. The second-order valence-electron chi connectivity index (χ2n) is 5.45. The van der Waals surface area contributed by atoms with Crippen molar-refractivity contribution in [2.75, 3.05) is 6.61 Å². The lowest BCUT2D eigenvalue weighted by Crippen LogP contribution is -2.31. The highest BCUT2D eigenvalue weighted by atomic mass is 16.5. The average molecular weight is 241 g/mol. The highest BCUT2D eigenvalue weighted by Gasteiger charge is 2.22. The summed E-state index contributed by atoms with van der Waals surface area (Å²) in [6.45, 7) is 4.49. The first-order chi connectivity index (χ1) is 8.13. The van der Waals surface area contributed by atoms with E-state index in [-0.39, 0.29) is 5.97 Å². The molecule has 0 aromatic heterocycles. The normalized spacial score (nSPS) is 26.5. The van der Waals surface area contributed by atoms with E-state index in [4.69, 9.17) is 10.5 Å². The van der Waals surface area contributed by atoms with Gasteiger partial charge in [-0.2, -0.15) is 0 Å². The lowest BCUT2D eigenvalue weighted by Gasteiger charge is -2.28. The van der Waals surface area contributed by atoms with Crippen LogP contribution in [-0.4, -0.2) is 18.6 Å². The number of hydrogen-bond acceptors (Lipinski definition) is 3. The third kappa shape index (κ3) is 5.53. The quantitative estimate of drug-likeness (QED) is 0.727. The second-order valence-corrected chi connectivity index (χ2v) is 5.45. The van der Waals surface area contributed by atoms with Gasteiger partial charge in [-0.15, -0.1) is 0 Å². The number of carbonyl (C=O) groups is 1. The van der Waals surface area contributed by atoms with Gasteiger partial charge in [-0.3, -0.25) is 4.79 Å². The first kappa shape index (κ1) is 14.5. The van der Waals surface area contributed by atoms with Gasteiger partial charge in [-0.25, -0.2) is 0 Å². The molecule has 100 valence electrons. The monoisotopic (exact) mass is 241 g/mol. The van der Waals surface area contributed by atoms with Gasteiger partial charge in [-0.05, 0) is 31.6 Å². The Hall–Kier alpha value is -0.570. The van der Waals surface area contributed by atoms with Crippen LogP contribution in [0.1, 0.15) is 58.8 Å². The Balaban J connectivity index is 2.12. The van der Waals surface area contributed by atoms with Crippen LogP contribution in [0.5, 0.6) is 0 Å². The zero-order valence-electron chi connectivity index (χ0n) is 11.3. The standard InChI is InChI=1S/C14H27NO2/c1-3-4-5-12-6-8-13(9-7-12)10-17-14(16)11(2)15/h11-13H,3-10,15H2,1-2H3. The predicted molar refractivity (Wildman–Crippen MR) is 69.6 cm³/mol. The van der Waals surface area contributed by atoms with E-state index < -0.39 is 6.04 Å². The van der Waals surface area contributed by atoms with E-state index in [1.807, 2.05) is 0 Å². The molecule has 1 aliphatic carbocycles. The molecule has 1 aliphatic rings. The van der Waals surface area contributed by atoms with E-state index in [0.29, 0.717) is 12.5 Å². The molecular formula is C14H27NO2. The minimum atomic E-state index is -0.490. The van der Waals surface area contributed by atoms with Gasteiger partial charge in [0, 0.05) is 0 Å². The van der Waals surface area contributed by atoms with Crippen LogP contribution in [0.3, 0.4) is 0 Å². The molecule has 0 heterocycles. The van der Waals surface area contributed by atoms with Crippen LogP contribution in [0.25, 0.3) is 0 Å². The van der Waals surface area contributed by atoms with E-state index in [1.165, 1.54) is 44.9 Å². The van der Waals surface area contributed by atoms with Gasteiger partial charge in [0.2, 0.25) is 0 Å². The third-order valence-electron chi connectivity index (χ3n) is 3.77. The highest BCUT2D eigenvalue weighted by Crippen LogP contribution is 2.31. The van der Waals surface area contributed by atoms with Gasteiger partial charge in [0.05, 0.1) is 6.61 Å². The molecule has 0 bridgehead atoms. The molecule has 1 saturated carbocycles. The number of carbonyl (C=O) groups excluding carboxylic acids is 1. The Morgan fingerprint density at radius 3 is 2.41 bits per heavy atom. The summed E-state index contributed by atoms with van der Waals surface area (Å²) in [5.41, 5.74) is 5.45. The lowest BCUT2D eigenvalue weighted by molar-refractivity contribution is -0.146. The third-order valence-corrected chi connectivity index (χ3v) is 3.77. The van der Waals surface area contributed by atoms with Crippen molar-refractivity contribution in [2.24, 2.45) is 17.6 Å². The molecule has 0 aliphatic heterocycles. The maximum atomic E-state index is 11.2. The summed E-state index contributed by atoms with van der Waals surface area (Å²) in [4.78, 5) is 11.2. The molecule has 2 N–H and O–H groups in total. The first-order valence-corrected chi connectivity index (χ1v) is 7.05. The summed E-state index contributed by atoms with van der Waals surface area (Å²) in [6, 6.07) is -0.490. The molecule has 1 unspecified atom stereocenters. The van der Waals surface area contributed by atoms with Crippen LogP contribution in [0.15, 0.2) is 0 Å². The maximum absolute atomic E-state index is 11.2. The van der Waals surface area contributed by atoms with E-state index >= 15 is 0 Å². The van der Waals surface area contributed by atoms with E-state index in [2.05, 4.69) is 6.92 Å². The number of rotatable bonds is 6. The highest BCUT2D eigenvalue weighted by molar-refractivity contribution is 5.74. The fourth-order valence-corrected chi connectivity index (χ4v) is 2.51. The van der Waals surface area contributed by atoms with Crippen LogP contribution in [0, 0.1) is 11.8 Å². The Bertz CT molecular complexity index is 220. The molecule has 17 heavy (non-hydrogen) atoms. The van der Waals surface area contributed by atoms with Crippen molar-refractivity contribution in [3.8, 4) is 0 Å². The molecule has 0 spiro atoms. The molecule has 0 radical (unpaired) electrons. The minimum Gasteiger partial charge on any atom is -0.464 e. The van der Waals surface area contributed by atoms with Crippen molar-refractivity contribution < 1.29 is 9.53 Å². The van der Waals surface area contributed by atoms with E-state index in [9.17, 15) is 4.79 Å². The summed E-state index contributed by atoms with van der Waals surface area (Å²) in [6.07, 6.45) is 9.06. The number of unbranched alkanes of at least 4 members (excludes halogenated alkanes) is 1. The fourth-order valence-electron chi connectivity index (χ4n) is 2.51. The Kier molecular flexibility index (Phi) is 6.56. The zero-order valence-corrected chi connectivity index (χ0v) is 11.3. The molecule has 3 nitrogen and oxygen atoms in total. The predicted octanol–water partition coefficient (Wildman–Crippen LogP) is 2.87. The van der Waals surface area contributed by atoms with Gasteiger partial charge < -0.3 is 10.5 Å². The van der Waals surface area contributed by atoms with E-state index in [1.54, 1.807) is 6.92 Å². The summed E-state index contributed by atoms with van der Waals surface area (Å²) in [7, 11) is 0. The van der Waals surface area contributed by atoms with Crippen LogP contribution in [0.4, 0.5) is 0 Å². The average Bonchev–Trinajstić information content (AvgIpc) is 2.34. The van der Waals surface area contributed by atoms with Crippen LogP contribution >= 0.6 is 0 Å². The van der Waals surface area contributed by atoms with Crippen LogP contribution in [0.2, 0.25) is 0 Å². The van der Waals surface area contributed by atoms with Crippen molar-refractivity contribution in [1.29, 1.82) is 0 Å². The van der Waals surface area contributed by atoms with Gasteiger partial charge in [0.25, 0.3) is 0 Å². The topological polar surface area (TPSA) is 52.3 Å². The van der Waals surface area contributed by atoms with Crippen molar-refractivity contribution in [3.63, 3.8) is 0 Å². The smallest absolute Gasteiger partial charge is 0.322 e. The van der Waals surface area contributed by atoms with Crippen molar-refractivity contribution in [1.82, 2.24) is 0 Å². The molecule has 0 aromatic rings.